The van der Waals surface area contributed by atoms with Gasteiger partial charge in [0, 0.05) is 38.4 Å². The second-order valence-corrected chi connectivity index (χ2v) is 9.24. The van der Waals surface area contributed by atoms with Gasteiger partial charge in [0.1, 0.15) is 5.69 Å². The first-order valence-corrected chi connectivity index (χ1v) is 11.3. The summed E-state index contributed by atoms with van der Waals surface area (Å²) >= 11 is 0. The van der Waals surface area contributed by atoms with Crippen molar-refractivity contribution in [3.8, 4) is 0 Å². The largest absolute Gasteiger partial charge is 0.379 e. The zero-order valence-electron chi connectivity index (χ0n) is 17.6. The van der Waals surface area contributed by atoms with E-state index < -0.39 is 27.6 Å². The van der Waals surface area contributed by atoms with Crippen LogP contribution in [-0.4, -0.2) is 59.0 Å². The molecule has 0 aliphatic carbocycles. The molecule has 1 amide bonds. The van der Waals surface area contributed by atoms with Crippen LogP contribution >= 0.6 is 0 Å². The Hall–Kier alpha value is -2.56. The topological polar surface area (TPSA) is 79.0 Å². The minimum atomic E-state index is -3.81. The van der Waals surface area contributed by atoms with Crippen molar-refractivity contribution in [1.29, 1.82) is 0 Å². The van der Waals surface area contributed by atoms with Crippen LogP contribution in [0.15, 0.2) is 35.2 Å². The van der Waals surface area contributed by atoms with Gasteiger partial charge in [0.25, 0.3) is 5.91 Å². The third-order valence-electron chi connectivity index (χ3n) is 5.02. The molecule has 1 saturated heterocycles. The van der Waals surface area contributed by atoms with Gasteiger partial charge in [0.2, 0.25) is 10.0 Å². The van der Waals surface area contributed by atoms with Gasteiger partial charge in [-0.2, -0.15) is 4.31 Å². The van der Waals surface area contributed by atoms with Crippen LogP contribution in [0.5, 0.6) is 0 Å². The maximum Gasteiger partial charge on any atom is 0.255 e. The summed E-state index contributed by atoms with van der Waals surface area (Å²) in [7, 11) is -0.804. The lowest BCUT2D eigenvalue weighted by Gasteiger charge is -2.27. The third-order valence-corrected chi connectivity index (χ3v) is 7.00. The van der Waals surface area contributed by atoms with E-state index in [2.05, 4.69) is 5.32 Å². The standard InChI is InChI=1S/C21H25F2N3O4S/c1-4-14-5-6-15(11-19(14)31(28,29)26-7-9-30-10-8-26)21(27)24-16-12-17(22)20(25(2)3)18(23)13-16/h5-6,11-13H,4,7-10H2,1-3H3,(H,24,27). The number of aryl methyl sites for hydroxylation is 1. The summed E-state index contributed by atoms with van der Waals surface area (Å²) in [6, 6.07) is 6.41. The molecule has 0 atom stereocenters. The molecule has 0 spiro atoms. The molecule has 31 heavy (non-hydrogen) atoms. The lowest BCUT2D eigenvalue weighted by molar-refractivity contribution is 0.0730. The highest BCUT2D eigenvalue weighted by Gasteiger charge is 2.29. The Morgan fingerprint density at radius 3 is 2.29 bits per heavy atom. The van der Waals surface area contributed by atoms with E-state index in [0.29, 0.717) is 25.2 Å². The average molecular weight is 454 g/mol. The van der Waals surface area contributed by atoms with Crippen molar-refractivity contribution >= 4 is 27.3 Å². The number of carbonyl (C=O) groups is 1. The fraction of sp³-hybridized carbons (Fsp3) is 0.381. The number of sulfonamides is 1. The molecule has 0 unspecified atom stereocenters. The number of rotatable bonds is 6. The number of amides is 1. The van der Waals surface area contributed by atoms with Crippen LogP contribution in [0.25, 0.3) is 0 Å². The Bertz CT molecular complexity index is 1060. The summed E-state index contributed by atoms with van der Waals surface area (Å²) in [6.45, 7) is 2.91. The molecule has 0 radical (unpaired) electrons. The zero-order chi connectivity index (χ0) is 22.8. The van der Waals surface area contributed by atoms with E-state index in [-0.39, 0.29) is 34.9 Å². The first-order valence-electron chi connectivity index (χ1n) is 9.83. The molecule has 0 bridgehead atoms. The highest BCUT2D eigenvalue weighted by molar-refractivity contribution is 7.89. The number of benzene rings is 2. The molecule has 7 nitrogen and oxygen atoms in total. The van der Waals surface area contributed by atoms with Crippen LogP contribution in [0.1, 0.15) is 22.8 Å². The average Bonchev–Trinajstić information content (AvgIpc) is 2.73. The predicted octanol–water partition coefficient (Wildman–Crippen LogP) is 2.87. The number of ether oxygens (including phenoxy) is 1. The number of hydrogen-bond acceptors (Lipinski definition) is 5. The van der Waals surface area contributed by atoms with Crippen molar-refractivity contribution in [2.24, 2.45) is 0 Å². The van der Waals surface area contributed by atoms with Crippen LogP contribution < -0.4 is 10.2 Å². The van der Waals surface area contributed by atoms with Crippen LogP contribution in [0, 0.1) is 11.6 Å². The van der Waals surface area contributed by atoms with Gasteiger partial charge in [0.05, 0.1) is 18.1 Å². The Balaban J connectivity index is 1.91. The van der Waals surface area contributed by atoms with Gasteiger partial charge in [-0.05, 0) is 36.2 Å². The van der Waals surface area contributed by atoms with Gasteiger partial charge < -0.3 is 15.0 Å². The smallest absolute Gasteiger partial charge is 0.255 e. The third kappa shape index (κ3) is 4.86. The van der Waals surface area contributed by atoms with Gasteiger partial charge in [-0.1, -0.05) is 13.0 Å². The van der Waals surface area contributed by atoms with Crippen LogP contribution in [0.3, 0.4) is 0 Å². The molecule has 1 aliphatic rings. The molecule has 1 N–H and O–H groups in total. The van der Waals surface area contributed by atoms with Crippen molar-refractivity contribution in [2.45, 2.75) is 18.2 Å². The number of hydrogen-bond donors (Lipinski definition) is 1. The lowest BCUT2D eigenvalue weighted by Crippen LogP contribution is -2.41. The van der Waals surface area contributed by atoms with E-state index in [1.165, 1.54) is 35.4 Å². The van der Waals surface area contributed by atoms with Crippen molar-refractivity contribution in [2.75, 3.05) is 50.6 Å². The number of nitrogens with one attached hydrogen (secondary N) is 1. The summed E-state index contributed by atoms with van der Waals surface area (Å²) in [5, 5.41) is 2.44. The number of halogens is 2. The van der Waals surface area contributed by atoms with Gasteiger partial charge in [-0.15, -0.1) is 0 Å². The predicted molar refractivity (Wildman–Crippen MR) is 114 cm³/mol. The minimum Gasteiger partial charge on any atom is -0.379 e. The van der Waals surface area contributed by atoms with Crippen molar-refractivity contribution in [1.82, 2.24) is 4.31 Å². The van der Waals surface area contributed by atoms with E-state index in [1.807, 2.05) is 6.92 Å². The molecule has 1 heterocycles. The first kappa shape index (κ1) is 23.1. The first-order chi connectivity index (χ1) is 14.6. The maximum atomic E-state index is 14.2. The van der Waals surface area contributed by atoms with Crippen molar-refractivity contribution in [3.05, 3.63) is 53.1 Å². The molecular formula is C21H25F2N3O4S. The molecule has 168 valence electrons. The second-order valence-electron chi connectivity index (χ2n) is 7.33. The SMILES string of the molecule is CCc1ccc(C(=O)Nc2cc(F)c(N(C)C)c(F)c2)cc1S(=O)(=O)N1CCOCC1. The lowest BCUT2D eigenvalue weighted by atomic mass is 10.1. The Morgan fingerprint density at radius 2 is 1.74 bits per heavy atom. The van der Waals surface area contributed by atoms with E-state index in [1.54, 1.807) is 6.07 Å². The van der Waals surface area contributed by atoms with Crippen LogP contribution in [0.2, 0.25) is 0 Å². The van der Waals surface area contributed by atoms with Gasteiger partial charge in [0.15, 0.2) is 11.6 Å². The summed E-state index contributed by atoms with van der Waals surface area (Å²) in [5.41, 5.74) is 0.365. The molecule has 3 rings (SSSR count). The number of nitrogens with zero attached hydrogens (tertiary/aromatic N) is 2. The summed E-state index contributed by atoms with van der Waals surface area (Å²) in [6.07, 6.45) is 0.462. The van der Waals surface area contributed by atoms with E-state index >= 15 is 0 Å². The number of carbonyl (C=O) groups excluding carboxylic acids is 1. The Labute approximate surface area is 180 Å². The molecule has 0 aromatic heterocycles. The molecule has 2 aromatic rings. The molecule has 1 aliphatic heterocycles. The highest BCUT2D eigenvalue weighted by atomic mass is 32.2. The quantitative estimate of drug-likeness (QED) is 0.728. The van der Waals surface area contributed by atoms with E-state index in [9.17, 15) is 22.0 Å². The molecule has 10 heteroatoms. The van der Waals surface area contributed by atoms with Crippen molar-refractivity contribution in [3.63, 3.8) is 0 Å². The summed E-state index contributed by atoms with van der Waals surface area (Å²) < 4.78 is 61.2. The van der Waals surface area contributed by atoms with Crippen molar-refractivity contribution < 1.29 is 26.7 Å². The van der Waals surface area contributed by atoms with E-state index in [4.69, 9.17) is 4.74 Å². The van der Waals surface area contributed by atoms with Gasteiger partial charge >= 0.3 is 0 Å². The highest BCUT2D eigenvalue weighted by Crippen LogP contribution is 2.27. The number of anilines is 2. The fourth-order valence-electron chi connectivity index (χ4n) is 3.42. The summed E-state index contributed by atoms with van der Waals surface area (Å²) in [5.74, 6) is -2.31. The van der Waals surface area contributed by atoms with Crippen LogP contribution in [0.4, 0.5) is 20.2 Å². The monoisotopic (exact) mass is 453 g/mol. The minimum absolute atomic E-state index is 0.0462. The van der Waals surface area contributed by atoms with Crippen LogP contribution in [-0.2, 0) is 21.2 Å². The Kier molecular flexibility index (Phi) is 6.93. The molecule has 0 saturated carbocycles. The molecule has 1 fully saturated rings. The zero-order valence-corrected chi connectivity index (χ0v) is 18.4. The second kappa shape index (κ2) is 9.29. The summed E-state index contributed by atoms with van der Waals surface area (Å²) in [4.78, 5) is 14.1. The number of morpholine rings is 1. The molecule has 2 aromatic carbocycles. The van der Waals surface area contributed by atoms with E-state index in [0.717, 1.165) is 12.1 Å². The fourth-order valence-corrected chi connectivity index (χ4v) is 5.15. The maximum absolute atomic E-state index is 14.2. The Morgan fingerprint density at radius 1 is 1.13 bits per heavy atom. The molecular weight excluding hydrogens is 428 g/mol. The van der Waals surface area contributed by atoms with Gasteiger partial charge in [-0.25, -0.2) is 17.2 Å². The normalized spacial score (nSPS) is 15.0. The van der Waals surface area contributed by atoms with Gasteiger partial charge in [-0.3, -0.25) is 4.79 Å².